The van der Waals surface area contributed by atoms with Gasteiger partial charge in [0.15, 0.2) is 0 Å². The highest BCUT2D eigenvalue weighted by molar-refractivity contribution is 5.36. The maximum absolute atomic E-state index is 6.20. The van der Waals surface area contributed by atoms with Gasteiger partial charge in [-0.3, -0.25) is 4.90 Å². The summed E-state index contributed by atoms with van der Waals surface area (Å²) < 4.78 is 6.07. The van der Waals surface area contributed by atoms with Crippen molar-refractivity contribution in [3.8, 4) is 5.75 Å². The van der Waals surface area contributed by atoms with Crippen molar-refractivity contribution >= 4 is 0 Å². The lowest BCUT2D eigenvalue weighted by molar-refractivity contribution is 0.0563. The summed E-state index contributed by atoms with van der Waals surface area (Å²) in [5.74, 6) is 0.981. The Labute approximate surface area is 141 Å². The molecule has 0 amide bonds. The molecule has 1 fully saturated rings. The molecule has 23 heavy (non-hydrogen) atoms. The van der Waals surface area contributed by atoms with E-state index in [1.54, 1.807) is 0 Å². The Bertz CT molecular complexity index is 467. The van der Waals surface area contributed by atoms with E-state index in [0.29, 0.717) is 25.2 Å². The molecule has 4 heteroatoms. The quantitative estimate of drug-likeness (QED) is 0.839. The average Bonchev–Trinajstić information content (AvgIpc) is 2.51. The minimum atomic E-state index is 0.232. The van der Waals surface area contributed by atoms with Crippen molar-refractivity contribution in [1.29, 1.82) is 0 Å². The number of hydrogen-bond donors (Lipinski definition) is 1. The first-order valence-corrected chi connectivity index (χ1v) is 8.88. The molecule has 1 aromatic carbocycles. The summed E-state index contributed by atoms with van der Waals surface area (Å²) in [6.07, 6.45) is 3.83. The lowest BCUT2D eigenvalue weighted by atomic mass is 9.92. The van der Waals surface area contributed by atoms with Gasteiger partial charge in [-0.2, -0.15) is 0 Å². The third-order valence-electron chi connectivity index (χ3n) is 4.92. The van der Waals surface area contributed by atoms with E-state index in [0.717, 1.165) is 12.3 Å². The molecule has 0 aromatic heterocycles. The van der Waals surface area contributed by atoms with Crippen LogP contribution < -0.4 is 10.5 Å². The van der Waals surface area contributed by atoms with Crippen LogP contribution in [0.25, 0.3) is 0 Å². The summed E-state index contributed by atoms with van der Waals surface area (Å²) in [6, 6.07) is 9.77. The van der Waals surface area contributed by atoms with Crippen LogP contribution in [-0.4, -0.2) is 55.7 Å². The fourth-order valence-electron chi connectivity index (χ4n) is 3.69. The van der Waals surface area contributed by atoms with Gasteiger partial charge in [-0.05, 0) is 46.9 Å². The van der Waals surface area contributed by atoms with Crippen LogP contribution in [0, 0.1) is 0 Å². The SMILES string of the molecule is CC1CCCC(C)N1C(CN)c1ccccc1OCCN(C)C. The van der Waals surface area contributed by atoms with Crippen LogP contribution >= 0.6 is 0 Å². The fraction of sp³-hybridized carbons (Fsp3) is 0.684. The fourth-order valence-corrected chi connectivity index (χ4v) is 3.69. The van der Waals surface area contributed by atoms with Gasteiger partial charge in [0.05, 0.1) is 6.04 Å². The van der Waals surface area contributed by atoms with Crippen molar-refractivity contribution < 1.29 is 4.74 Å². The number of piperidine rings is 1. The van der Waals surface area contributed by atoms with Crippen molar-refractivity contribution in [3.63, 3.8) is 0 Å². The van der Waals surface area contributed by atoms with Crippen molar-refractivity contribution in [2.45, 2.75) is 51.2 Å². The number of rotatable bonds is 7. The van der Waals surface area contributed by atoms with Crippen molar-refractivity contribution in [3.05, 3.63) is 29.8 Å². The molecule has 130 valence electrons. The zero-order valence-electron chi connectivity index (χ0n) is 15.2. The predicted molar refractivity (Wildman–Crippen MR) is 96.9 cm³/mol. The average molecular weight is 319 g/mol. The zero-order valence-corrected chi connectivity index (χ0v) is 15.2. The second-order valence-electron chi connectivity index (χ2n) is 7.02. The first kappa shape index (κ1) is 18.2. The number of hydrogen-bond acceptors (Lipinski definition) is 4. The predicted octanol–water partition coefficient (Wildman–Crippen LogP) is 2.89. The lowest BCUT2D eigenvalue weighted by Crippen LogP contribution is -2.48. The Kier molecular flexibility index (Phi) is 6.88. The number of nitrogens with zero attached hydrogens (tertiary/aromatic N) is 2. The third-order valence-corrected chi connectivity index (χ3v) is 4.92. The van der Waals surface area contributed by atoms with Crippen molar-refractivity contribution in [2.75, 3.05) is 33.8 Å². The van der Waals surface area contributed by atoms with Crippen LogP contribution in [0.5, 0.6) is 5.75 Å². The van der Waals surface area contributed by atoms with E-state index >= 15 is 0 Å². The van der Waals surface area contributed by atoms with E-state index in [4.69, 9.17) is 10.5 Å². The van der Waals surface area contributed by atoms with E-state index < -0.39 is 0 Å². The van der Waals surface area contributed by atoms with E-state index in [1.165, 1.54) is 24.8 Å². The topological polar surface area (TPSA) is 41.7 Å². The Morgan fingerprint density at radius 2 is 1.87 bits per heavy atom. The van der Waals surface area contributed by atoms with Gasteiger partial charge in [0.25, 0.3) is 0 Å². The van der Waals surface area contributed by atoms with Gasteiger partial charge >= 0.3 is 0 Å². The van der Waals surface area contributed by atoms with Crippen LogP contribution in [0.2, 0.25) is 0 Å². The Morgan fingerprint density at radius 3 is 2.48 bits per heavy atom. The molecule has 1 aromatic rings. The molecular formula is C19H33N3O. The molecule has 0 saturated carbocycles. The number of likely N-dealkylation sites (N-methyl/N-ethyl adjacent to an activating group) is 1. The highest BCUT2D eigenvalue weighted by atomic mass is 16.5. The number of para-hydroxylation sites is 1. The maximum atomic E-state index is 6.20. The molecule has 4 nitrogen and oxygen atoms in total. The van der Waals surface area contributed by atoms with Crippen LogP contribution in [-0.2, 0) is 0 Å². The molecule has 3 atom stereocenters. The van der Waals surface area contributed by atoms with Gasteiger partial charge in [0, 0.05) is 30.7 Å². The Hall–Kier alpha value is -1.10. The molecular weight excluding hydrogens is 286 g/mol. The smallest absolute Gasteiger partial charge is 0.124 e. The molecule has 2 N–H and O–H groups in total. The van der Waals surface area contributed by atoms with Gasteiger partial charge in [0.1, 0.15) is 12.4 Å². The Balaban J connectivity index is 2.19. The number of likely N-dealkylation sites (tertiary alicyclic amines) is 1. The van der Waals surface area contributed by atoms with Crippen molar-refractivity contribution in [2.24, 2.45) is 5.73 Å². The second kappa shape index (κ2) is 8.67. The number of nitrogens with two attached hydrogens (primary N) is 1. The van der Waals surface area contributed by atoms with Gasteiger partial charge in [-0.15, -0.1) is 0 Å². The number of ether oxygens (including phenoxy) is 1. The normalized spacial score (nSPS) is 23.9. The first-order chi connectivity index (χ1) is 11.0. The summed E-state index contributed by atoms with van der Waals surface area (Å²) >= 11 is 0. The van der Waals surface area contributed by atoms with Gasteiger partial charge in [-0.25, -0.2) is 0 Å². The monoisotopic (exact) mass is 319 g/mol. The van der Waals surface area contributed by atoms with Gasteiger partial charge < -0.3 is 15.4 Å². The molecule has 1 aliphatic rings. The summed E-state index contributed by atoms with van der Waals surface area (Å²) in [7, 11) is 4.13. The molecule has 0 radical (unpaired) electrons. The second-order valence-corrected chi connectivity index (χ2v) is 7.02. The molecule has 2 rings (SSSR count). The largest absolute Gasteiger partial charge is 0.492 e. The standard InChI is InChI=1S/C19H33N3O/c1-15-8-7-9-16(2)22(15)18(14-20)17-10-5-6-11-19(17)23-13-12-21(3)4/h5-6,10-11,15-16,18H,7-9,12-14,20H2,1-4H3. The van der Waals surface area contributed by atoms with E-state index in [2.05, 4.69) is 55.9 Å². The third kappa shape index (κ3) is 4.69. The molecule has 0 spiro atoms. The summed E-state index contributed by atoms with van der Waals surface area (Å²) in [5, 5.41) is 0. The summed E-state index contributed by atoms with van der Waals surface area (Å²) in [6.45, 7) is 6.90. The van der Waals surface area contributed by atoms with Gasteiger partial charge in [0.2, 0.25) is 0 Å². The molecule has 3 unspecified atom stereocenters. The maximum Gasteiger partial charge on any atom is 0.124 e. The zero-order chi connectivity index (χ0) is 16.8. The van der Waals surface area contributed by atoms with Crippen LogP contribution in [0.1, 0.15) is 44.7 Å². The van der Waals surface area contributed by atoms with Crippen LogP contribution in [0.3, 0.4) is 0 Å². The number of benzene rings is 1. The molecule has 0 bridgehead atoms. The molecule has 0 aliphatic carbocycles. The van der Waals surface area contributed by atoms with Gasteiger partial charge in [-0.1, -0.05) is 24.6 Å². The summed E-state index contributed by atoms with van der Waals surface area (Å²) in [5.41, 5.74) is 7.43. The van der Waals surface area contributed by atoms with Crippen LogP contribution in [0.15, 0.2) is 24.3 Å². The van der Waals surface area contributed by atoms with E-state index in [-0.39, 0.29) is 6.04 Å². The first-order valence-electron chi connectivity index (χ1n) is 8.88. The highest BCUT2D eigenvalue weighted by Gasteiger charge is 2.32. The minimum Gasteiger partial charge on any atom is -0.492 e. The molecule has 1 aliphatic heterocycles. The van der Waals surface area contributed by atoms with Crippen LogP contribution in [0.4, 0.5) is 0 Å². The molecule has 1 saturated heterocycles. The minimum absolute atomic E-state index is 0.232. The highest BCUT2D eigenvalue weighted by Crippen LogP contribution is 2.35. The van der Waals surface area contributed by atoms with E-state index in [1.807, 2.05) is 6.07 Å². The summed E-state index contributed by atoms with van der Waals surface area (Å²) in [4.78, 5) is 4.73. The van der Waals surface area contributed by atoms with E-state index in [9.17, 15) is 0 Å². The lowest BCUT2D eigenvalue weighted by Gasteiger charge is -2.44. The van der Waals surface area contributed by atoms with Crippen molar-refractivity contribution in [1.82, 2.24) is 9.80 Å². The molecule has 1 heterocycles. The Morgan fingerprint density at radius 1 is 1.22 bits per heavy atom.